The number of nitrogens with one attached hydrogen (secondary N) is 1. The minimum absolute atomic E-state index is 0.322. The normalized spacial score (nSPS) is 21.9. The van der Waals surface area contributed by atoms with Gasteiger partial charge in [0.2, 0.25) is 10.0 Å². The summed E-state index contributed by atoms with van der Waals surface area (Å²) in [6.07, 6.45) is 0.189. The van der Waals surface area contributed by atoms with Crippen LogP contribution < -0.4 is 10.5 Å². The number of amides is 1. The number of carbonyl (C=O) groups excluding carboxylic acids is 1. The summed E-state index contributed by atoms with van der Waals surface area (Å²) in [6.45, 7) is 3.06. The molecule has 1 aromatic carbocycles. The zero-order chi connectivity index (χ0) is 17.0. The van der Waals surface area contributed by atoms with Crippen LogP contribution in [0, 0.1) is 5.82 Å². The summed E-state index contributed by atoms with van der Waals surface area (Å²) in [4.78, 5) is 12.0. The number of hydrogen-bond donors (Lipinski definition) is 2. The lowest BCUT2D eigenvalue weighted by molar-refractivity contribution is -0.0632. The fourth-order valence-corrected chi connectivity index (χ4v) is 2.90. The largest absolute Gasteiger partial charge is 0.379 e. The average Bonchev–Trinajstić information content (AvgIpc) is 2.48. The van der Waals surface area contributed by atoms with E-state index in [1.54, 1.807) is 0 Å². The molecule has 1 heterocycles. The molecule has 0 unspecified atom stereocenters. The molecule has 3 N–H and O–H groups in total. The second kappa shape index (κ2) is 7.35. The van der Waals surface area contributed by atoms with Crippen molar-refractivity contribution in [3.63, 3.8) is 0 Å². The Morgan fingerprint density at radius 2 is 2.26 bits per heavy atom. The minimum atomic E-state index is -4.02. The van der Waals surface area contributed by atoms with Gasteiger partial charge in [0.25, 0.3) is 5.91 Å². The maximum absolute atomic E-state index is 13.9. The van der Waals surface area contributed by atoms with E-state index in [-0.39, 0.29) is 22.6 Å². The molecular formula is C14H19FN2O5S. The Bertz CT molecular complexity index is 678. The van der Waals surface area contributed by atoms with E-state index in [4.69, 9.17) is 14.6 Å². The van der Waals surface area contributed by atoms with Crippen molar-refractivity contribution in [1.82, 2.24) is 5.32 Å². The molecule has 128 valence electrons. The van der Waals surface area contributed by atoms with Crippen LogP contribution in [0.4, 0.5) is 4.39 Å². The van der Waals surface area contributed by atoms with Gasteiger partial charge >= 0.3 is 0 Å². The lowest BCUT2D eigenvalue weighted by Crippen LogP contribution is -2.50. The SMILES string of the molecule is CCO[C@@H]1COCC[C@H]1NC(=O)c1cc(S(N)(=O)=O)ccc1F. The lowest BCUT2D eigenvalue weighted by atomic mass is 10.1. The predicted molar refractivity (Wildman–Crippen MR) is 79.9 cm³/mol. The van der Waals surface area contributed by atoms with E-state index in [9.17, 15) is 17.6 Å². The van der Waals surface area contributed by atoms with Crippen LogP contribution in [0.2, 0.25) is 0 Å². The topological polar surface area (TPSA) is 108 Å². The van der Waals surface area contributed by atoms with Crippen molar-refractivity contribution in [3.8, 4) is 0 Å². The molecule has 2 rings (SSSR count). The van der Waals surface area contributed by atoms with E-state index < -0.39 is 21.7 Å². The van der Waals surface area contributed by atoms with E-state index in [1.807, 2.05) is 6.92 Å². The smallest absolute Gasteiger partial charge is 0.254 e. The number of sulfonamides is 1. The maximum atomic E-state index is 13.9. The molecule has 2 atom stereocenters. The Balaban J connectivity index is 2.19. The Labute approximate surface area is 134 Å². The number of carbonyl (C=O) groups is 1. The number of ether oxygens (including phenoxy) is 2. The van der Waals surface area contributed by atoms with Gasteiger partial charge in [0, 0.05) is 13.2 Å². The summed E-state index contributed by atoms with van der Waals surface area (Å²) < 4.78 is 47.3. The Kier molecular flexibility index (Phi) is 5.69. The van der Waals surface area contributed by atoms with Crippen molar-refractivity contribution in [2.75, 3.05) is 19.8 Å². The molecule has 23 heavy (non-hydrogen) atoms. The molecule has 1 aliphatic heterocycles. The molecule has 1 fully saturated rings. The number of primary sulfonamides is 1. The highest BCUT2D eigenvalue weighted by Crippen LogP contribution is 2.16. The third kappa shape index (κ3) is 4.47. The van der Waals surface area contributed by atoms with Gasteiger partial charge in [-0.2, -0.15) is 0 Å². The molecule has 7 nitrogen and oxygen atoms in total. The first kappa shape index (κ1) is 17.8. The summed E-state index contributed by atoms with van der Waals surface area (Å²) in [5.74, 6) is -1.54. The van der Waals surface area contributed by atoms with E-state index in [0.29, 0.717) is 26.2 Å². The van der Waals surface area contributed by atoms with Crippen molar-refractivity contribution >= 4 is 15.9 Å². The Morgan fingerprint density at radius 3 is 2.91 bits per heavy atom. The van der Waals surface area contributed by atoms with Crippen LogP contribution in [0.3, 0.4) is 0 Å². The lowest BCUT2D eigenvalue weighted by Gasteiger charge is -2.31. The van der Waals surface area contributed by atoms with Gasteiger partial charge in [-0.1, -0.05) is 0 Å². The highest BCUT2D eigenvalue weighted by atomic mass is 32.2. The van der Waals surface area contributed by atoms with Crippen LogP contribution in [0.25, 0.3) is 0 Å². The second-order valence-corrected chi connectivity index (χ2v) is 6.69. The Hall–Kier alpha value is -1.55. The van der Waals surface area contributed by atoms with Crippen molar-refractivity contribution in [2.45, 2.75) is 30.4 Å². The van der Waals surface area contributed by atoms with Crippen LogP contribution in [0.5, 0.6) is 0 Å². The Morgan fingerprint density at radius 1 is 1.52 bits per heavy atom. The number of rotatable bonds is 5. The molecule has 0 aromatic heterocycles. The molecule has 0 radical (unpaired) electrons. The number of nitrogens with two attached hydrogens (primary N) is 1. The zero-order valence-corrected chi connectivity index (χ0v) is 13.4. The third-order valence-electron chi connectivity index (χ3n) is 3.51. The van der Waals surface area contributed by atoms with Gasteiger partial charge in [0.15, 0.2) is 0 Å². The van der Waals surface area contributed by atoms with Crippen LogP contribution in [0.15, 0.2) is 23.1 Å². The predicted octanol–water partition coefficient (Wildman–Crippen LogP) is 0.397. The minimum Gasteiger partial charge on any atom is -0.379 e. The molecule has 1 aliphatic rings. The van der Waals surface area contributed by atoms with Crippen LogP contribution in [-0.4, -0.2) is 46.3 Å². The van der Waals surface area contributed by atoms with E-state index in [0.717, 1.165) is 18.2 Å². The summed E-state index contributed by atoms with van der Waals surface area (Å²) in [5, 5.41) is 7.67. The fourth-order valence-electron chi connectivity index (χ4n) is 2.36. The van der Waals surface area contributed by atoms with Gasteiger partial charge in [-0.05, 0) is 31.5 Å². The van der Waals surface area contributed by atoms with Gasteiger partial charge in [0.05, 0.1) is 23.1 Å². The summed E-state index contributed by atoms with van der Waals surface area (Å²) in [7, 11) is -4.02. The number of hydrogen-bond acceptors (Lipinski definition) is 5. The van der Waals surface area contributed by atoms with Gasteiger partial charge in [0.1, 0.15) is 11.9 Å². The van der Waals surface area contributed by atoms with Gasteiger partial charge in [-0.3, -0.25) is 4.79 Å². The standard InChI is InChI=1S/C14H19FN2O5S/c1-2-22-13-8-21-6-5-12(13)17-14(18)10-7-9(23(16,19)20)3-4-11(10)15/h3-4,7,12-13H,2,5-6,8H2,1H3,(H,17,18)(H2,16,19,20)/t12-,13-/m1/s1. The highest BCUT2D eigenvalue weighted by Gasteiger charge is 2.29. The van der Waals surface area contributed by atoms with Crippen LogP contribution >= 0.6 is 0 Å². The first-order chi connectivity index (χ1) is 10.8. The van der Waals surface area contributed by atoms with Crippen molar-refractivity contribution in [1.29, 1.82) is 0 Å². The van der Waals surface area contributed by atoms with Crippen LogP contribution in [0.1, 0.15) is 23.7 Å². The average molecular weight is 346 g/mol. The second-order valence-electron chi connectivity index (χ2n) is 5.12. The van der Waals surface area contributed by atoms with Crippen molar-refractivity contribution in [3.05, 3.63) is 29.6 Å². The van der Waals surface area contributed by atoms with E-state index in [1.165, 1.54) is 0 Å². The number of benzene rings is 1. The third-order valence-corrected chi connectivity index (χ3v) is 4.42. The zero-order valence-electron chi connectivity index (χ0n) is 12.6. The molecule has 1 aromatic rings. The van der Waals surface area contributed by atoms with Crippen molar-refractivity contribution in [2.24, 2.45) is 5.14 Å². The van der Waals surface area contributed by atoms with Crippen molar-refractivity contribution < 1.29 is 27.1 Å². The maximum Gasteiger partial charge on any atom is 0.254 e. The first-order valence-corrected chi connectivity index (χ1v) is 8.70. The summed E-state index contributed by atoms with van der Waals surface area (Å²) in [6, 6.07) is 2.50. The quantitative estimate of drug-likeness (QED) is 0.802. The molecule has 0 bridgehead atoms. The number of halogens is 1. The molecule has 0 spiro atoms. The fraction of sp³-hybridized carbons (Fsp3) is 0.500. The first-order valence-electron chi connectivity index (χ1n) is 7.15. The van der Waals surface area contributed by atoms with Gasteiger partial charge in [-0.15, -0.1) is 0 Å². The van der Waals surface area contributed by atoms with E-state index >= 15 is 0 Å². The van der Waals surface area contributed by atoms with Crippen LogP contribution in [-0.2, 0) is 19.5 Å². The summed E-state index contributed by atoms with van der Waals surface area (Å²) in [5.41, 5.74) is -0.377. The highest BCUT2D eigenvalue weighted by molar-refractivity contribution is 7.89. The molecule has 0 saturated carbocycles. The molecule has 1 amide bonds. The van der Waals surface area contributed by atoms with E-state index in [2.05, 4.69) is 5.32 Å². The molecular weight excluding hydrogens is 327 g/mol. The molecule has 0 aliphatic carbocycles. The summed E-state index contributed by atoms with van der Waals surface area (Å²) >= 11 is 0. The van der Waals surface area contributed by atoms with Gasteiger partial charge < -0.3 is 14.8 Å². The monoisotopic (exact) mass is 346 g/mol. The molecule has 9 heteroatoms. The van der Waals surface area contributed by atoms with Gasteiger partial charge in [-0.25, -0.2) is 17.9 Å². The molecule has 1 saturated heterocycles.